The molecule has 3 rings (SSSR count). The number of aromatic nitrogens is 2. The van der Waals surface area contributed by atoms with Crippen LogP contribution in [0.5, 0.6) is 5.75 Å². The maximum absolute atomic E-state index is 12.4. The molecule has 126 valence electrons. The van der Waals surface area contributed by atoms with Crippen LogP contribution in [0.3, 0.4) is 0 Å². The summed E-state index contributed by atoms with van der Waals surface area (Å²) in [7, 11) is 0. The van der Waals surface area contributed by atoms with Crippen LogP contribution in [0.15, 0.2) is 59.4 Å². The molecule has 0 spiro atoms. The molecule has 0 bridgehead atoms. The van der Waals surface area contributed by atoms with Crippen molar-refractivity contribution >= 4 is 5.97 Å². The largest absolute Gasteiger partial charge is 0.422 e. The smallest absolute Gasteiger partial charge is 0.368 e. The molecule has 0 fully saturated rings. The van der Waals surface area contributed by atoms with Gasteiger partial charge in [0.05, 0.1) is 5.69 Å². The lowest BCUT2D eigenvalue weighted by Crippen LogP contribution is -2.25. The van der Waals surface area contributed by atoms with Crippen molar-refractivity contribution in [2.45, 2.75) is 20.8 Å². The van der Waals surface area contributed by atoms with E-state index < -0.39 is 11.4 Å². The Morgan fingerprint density at radius 2 is 1.68 bits per heavy atom. The van der Waals surface area contributed by atoms with E-state index in [9.17, 15) is 9.59 Å². The van der Waals surface area contributed by atoms with Gasteiger partial charge >= 0.3 is 5.97 Å². The summed E-state index contributed by atoms with van der Waals surface area (Å²) in [6.07, 6.45) is 0. The lowest BCUT2D eigenvalue weighted by Gasteiger charge is -2.11. The van der Waals surface area contributed by atoms with Crippen LogP contribution in [0.4, 0.5) is 0 Å². The van der Waals surface area contributed by atoms with Gasteiger partial charge in [-0.25, -0.2) is 9.48 Å². The highest BCUT2D eigenvalue weighted by Crippen LogP contribution is 2.17. The number of para-hydroxylation sites is 1. The molecular formula is C20H18N2O3. The van der Waals surface area contributed by atoms with Crippen LogP contribution < -0.4 is 10.2 Å². The molecule has 5 nitrogen and oxygen atoms in total. The van der Waals surface area contributed by atoms with Crippen molar-refractivity contribution in [1.82, 2.24) is 9.78 Å². The normalized spacial score (nSPS) is 10.5. The Kier molecular flexibility index (Phi) is 4.48. The predicted molar refractivity (Wildman–Crippen MR) is 95.4 cm³/mol. The molecule has 3 aromatic rings. The third-order valence-electron chi connectivity index (χ3n) is 3.99. The first-order valence-electron chi connectivity index (χ1n) is 7.91. The maximum atomic E-state index is 12.4. The molecule has 0 aliphatic carbocycles. The number of carbonyl (C=O) groups is 1. The van der Waals surface area contributed by atoms with Crippen LogP contribution in [0.25, 0.3) is 5.69 Å². The fraction of sp³-hybridized carbons (Fsp3) is 0.150. The number of ether oxygens (including phenoxy) is 1. The Morgan fingerprint density at radius 3 is 2.36 bits per heavy atom. The number of nitrogens with zero attached hydrogens (tertiary/aromatic N) is 2. The molecule has 0 aliphatic heterocycles. The van der Waals surface area contributed by atoms with Gasteiger partial charge in [0, 0.05) is 11.8 Å². The van der Waals surface area contributed by atoms with E-state index in [2.05, 4.69) is 5.10 Å². The van der Waals surface area contributed by atoms with Crippen molar-refractivity contribution in [3.05, 3.63) is 87.3 Å². The molecule has 0 radical (unpaired) electrons. The SMILES string of the molecule is Cc1ccc(OC(=O)c2nn(-c3ccccc3)c(C)cc2=O)cc1C. The Labute approximate surface area is 145 Å². The highest BCUT2D eigenvalue weighted by Gasteiger charge is 2.17. The number of aryl methyl sites for hydroxylation is 3. The second-order valence-corrected chi connectivity index (χ2v) is 5.88. The number of esters is 1. The lowest BCUT2D eigenvalue weighted by atomic mass is 10.1. The van der Waals surface area contributed by atoms with Gasteiger partial charge in [-0.3, -0.25) is 4.79 Å². The molecule has 25 heavy (non-hydrogen) atoms. The topological polar surface area (TPSA) is 61.2 Å². The molecule has 0 atom stereocenters. The standard InChI is InChI=1S/C20H18N2O3/c1-13-9-10-17(11-14(13)2)25-20(24)19-18(23)12-15(3)22(21-19)16-7-5-4-6-8-16/h4-12H,1-3H3. The van der Waals surface area contributed by atoms with Crippen LogP contribution in [0.2, 0.25) is 0 Å². The zero-order valence-corrected chi connectivity index (χ0v) is 14.3. The monoisotopic (exact) mass is 334 g/mol. The minimum atomic E-state index is -0.766. The quantitative estimate of drug-likeness (QED) is 0.544. The van der Waals surface area contributed by atoms with E-state index >= 15 is 0 Å². The lowest BCUT2D eigenvalue weighted by molar-refractivity contribution is 0.0725. The Morgan fingerprint density at radius 1 is 0.960 bits per heavy atom. The molecule has 2 aromatic carbocycles. The summed E-state index contributed by atoms with van der Waals surface area (Å²) in [6.45, 7) is 5.67. The van der Waals surface area contributed by atoms with Crippen LogP contribution in [0, 0.1) is 20.8 Å². The third kappa shape index (κ3) is 3.50. The van der Waals surface area contributed by atoms with Crippen molar-refractivity contribution < 1.29 is 9.53 Å². The highest BCUT2D eigenvalue weighted by molar-refractivity contribution is 5.88. The van der Waals surface area contributed by atoms with Gasteiger partial charge in [-0.2, -0.15) is 5.10 Å². The zero-order chi connectivity index (χ0) is 18.0. The third-order valence-corrected chi connectivity index (χ3v) is 3.99. The molecule has 0 N–H and O–H groups in total. The maximum Gasteiger partial charge on any atom is 0.368 e. The average molecular weight is 334 g/mol. The number of benzene rings is 2. The second-order valence-electron chi connectivity index (χ2n) is 5.88. The van der Waals surface area contributed by atoms with E-state index in [0.29, 0.717) is 11.4 Å². The van der Waals surface area contributed by atoms with Crippen molar-refractivity contribution in [3.63, 3.8) is 0 Å². The van der Waals surface area contributed by atoms with E-state index in [1.165, 1.54) is 6.07 Å². The zero-order valence-electron chi connectivity index (χ0n) is 14.3. The van der Waals surface area contributed by atoms with Gasteiger partial charge in [0.25, 0.3) is 0 Å². The molecule has 0 saturated heterocycles. The van der Waals surface area contributed by atoms with Crippen LogP contribution in [-0.2, 0) is 0 Å². The molecule has 0 aliphatic rings. The molecule has 0 amide bonds. The van der Waals surface area contributed by atoms with Crippen LogP contribution in [0.1, 0.15) is 27.3 Å². The fourth-order valence-corrected chi connectivity index (χ4v) is 2.45. The summed E-state index contributed by atoms with van der Waals surface area (Å²) < 4.78 is 6.89. The summed E-state index contributed by atoms with van der Waals surface area (Å²) >= 11 is 0. The van der Waals surface area contributed by atoms with Crippen molar-refractivity contribution in [2.24, 2.45) is 0 Å². The molecule has 0 saturated carbocycles. The van der Waals surface area contributed by atoms with E-state index in [1.807, 2.05) is 50.2 Å². The van der Waals surface area contributed by atoms with Gasteiger partial charge in [-0.15, -0.1) is 0 Å². The average Bonchev–Trinajstić information content (AvgIpc) is 2.59. The molecular weight excluding hydrogens is 316 g/mol. The summed E-state index contributed by atoms with van der Waals surface area (Å²) in [4.78, 5) is 24.6. The predicted octanol–water partition coefficient (Wildman–Crippen LogP) is 3.38. The number of rotatable bonds is 3. The Balaban J connectivity index is 1.97. The van der Waals surface area contributed by atoms with Crippen molar-refractivity contribution in [2.75, 3.05) is 0 Å². The minimum absolute atomic E-state index is 0.243. The van der Waals surface area contributed by atoms with Gasteiger partial charge in [0.15, 0.2) is 0 Å². The number of hydrogen-bond donors (Lipinski definition) is 0. The van der Waals surface area contributed by atoms with E-state index in [0.717, 1.165) is 16.8 Å². The first-order valence-corrected chi connectivity index (χ1v) is 7.91. The fourth-order valence-electron chi connectivity index (χ4n) is 2.45. The Hall–Kier alpha value is -3.21. The van der Waals surface area contributed by atoms with Crippen LogP contribution >= 0.6 is 0 Å². The summed E-state index contributed by atoms with van der Waals surface area (Å²) in [5.74, 6) is -0.376. The van der Waals surface area contributed by atoms with Gasteiger partial charge in [0.1, 0.15) is 5.75 Å². The second kappa shape index (κ2) is 6.73. The highest BCUT2D eigenvalue weighted by atomic mass is 16.5. The molecule has 1 aromatic heterocycles. The minimum Gasteiger partial charge on any atom is -0.422 e. The Bertz CT molecular complexity index is 992. The van der Waals surface area contributed by atoms with Gasteiger partial charge < -0.3 is 4.74 Å². The van der Waals surface area contributed by atoms with Gasteiger partial charge in [0.2, 0.25) is 11.1 Å². The number of hydrogen-bond acceptors (Lipinski definition) is 4. The summed E-state index contributed by atoms with van der Waals surface area (Å²) in [6, 6.07) is 16.0. The van der Waals surface area contributed by atoms with Crippen molar-refractivity contribution in [3.8, 4) is 11.4 Å². The molecule has 0 unspecified atom stereocenters. The summed E-state index contributed by atoms with van der Waals surface area (Å²) in [5.41, 5.74) is 2.80. The van der Waals surface area contributed by atoms with E-state index in [-0.39, 0.29) is 5.69 Å². The van der Waals surface area contributed by atoms with E-state index in [1.54, 1.807) is 23.7 Å². The molecule has 1 heterocycles. The number of carbonyl (C=O) groups excluding carboxylic acids is 1. The first-order chi connectivity index (χ1) is 12.0. The first kappa shape index (κ1) is 16.6. The van der Waals surface area contributed by atoms with Gasteiger partial charge in [-0.1, -0.05) is 24.3 Å². The summed E-state index contributed by atoms with van der Waals surface area (Å²) in [5, 5.41) is 4.21. The van der Waals surface area contributed by atoms with Crippen LogP contribution in [-0.4, -0.2) is 15.7 Å². The van der Waals surface area contributed by atoms with Crippen molar-refractivity contribution in [1.29, 1.82) is 0 Å². The van der Waals surface area contributed by atoms with E-state index in [4.69, 9.17) is 4.74 Å². The molecule has 5 heteroatoms. The van der Waals surface area contributed by atoms with Gasteiger partial charge in [-0.05, 0) is 56.2 Å².